The largest absolute Gasteiger partial charge is 0.301 e. The Morgan fingerprint density at radius 3 is 2.68 bits per heavy atom. The highest BCUT2D eigenvalue weighted by atomic mass is 32.2. The zero-order chi connectivity index (χ0) is 15.6. The van der Waals surface area contributed by atoms with Gasteiger partial charge in [0.05, 0.1) is 17.4 Å². The van der Waals surface area contributed by atoms with Gasteiger partial charge in [-0.15, -0.1) is 11.3 Å². The highest BCUT2D eigenvalue weighted by Gasteiger charge is 2.16. The van der Waals surface area contributed by atoms with Crippen molar-refractivity contribution in [2.24, 2.45) is 0 Å². The molecule has 0 N–H and O–H groups in total. The standard InChI is InChI=1S/C16H24N4S2/c1-16(2,3)20-11-13(10-17-20)15-18-14(12-22-15)4-5-19-6-8-21-9-7-19/h10-12H,4-9H2,1-3H3. The molecule has 0 spiro atoms. The summed E-state index contributed by atoms with van der Waals surface area (Å²) in [5, 5.41) is 7.75. The third-order valence-corrected chi connectivity index (χ3v) is 5.74. The van der Waals surface area contributed by atoms with Crippen LogP contribution in [0, 0.1) is 0 Å². The third kappa shape index (κ3) is 3.91. The minimum atomic E-state index is 0.0185. The van der Waals surface area contributed by atoms with Gasteiger partial charge in [0.1, 0.15) is 5.01 Å². The molecule has 0 atom stereocenters. The van der Waals surface area contributed by atoms with Crippen molar-refractivity contribution in [2.75, 3.05) is 31.1 Å². The first-order valence-electron chi connectivity index (χ1n) is 7.82. The van der Waals surface area contributed by atoms with E-state index >= 15 is 0 Å². The SMILES string of the molecule is CC(C)(C)n1cc(-c2nc(CCN3CCSCC3)cs2)cn1. The first-order valence-corrected chi connectivity index (χ1v) is 9.86. The molecule has 6 heteroatoms. The van der Waals surface area contributed by atoms with Crippen LogP contribution in [0.25, 0.3) is 10.6 Å². The fourth-order valence-electron chi connectivity index (χ4n) is 2.45. The second kappa shape index (κ2) is 6.72. The van der Waals surface area contributed by atoms with Crippen LogP contribution in [0.4, 0.5) is 0 Å². The summed E-state index contributed by atoms with van der Waals surface area (Å²) < 4.78 is 2.01. The molecule has 3 rings (SSSR count). The van der Waals surface area contributed by atoms with Gasteiger partial charge in [-0.25, -0.2) is 4.98 Å². The molecule has 0 aliphatic carbocycles. The number of rotatable bonds is 4. The Kier molecular flexibility index (Phi) is 4.90. The van der Waals surface area contributed by atoms with Gasteiger partial charge in [0.15, 0.2) is 0 Å². The van der Waals surface area contributed by atoms with Crippen LogP contribution in [-0.2, 0) is 12.0 Å². The van der Waals surface area contributed by atoms with Crippen LogP contribution in [-0.4, -0.2) is 50.8 Å². The van der Waals surface area contributed by atoms with E-state index in [0.29, 0.717) is 0 Å². The molecule has 2 aromatic rings. The Morgan fingerprint density at radius 1 is 1.23 bits per heavy atom. The lowest BCUT2D eigenvalue weighted by molar-refractivity contribution is 0.306. The summed E-state index contributed by atoms with van der Waals surface area (Å²) in [5.41, 5.74) is 2.35. The summed E-state index contributed by atoms with van der Waals surface area (Å²) in [6.07, 6.45) is 5.08. The van der Waals surface area contributed by atoms with Crippen LogP contribution < -0.4 is 0 Å². The zero-order valence-corrected chi connectivity index (χ0v) is 15.2. The van der Waals surface area contributed by atoms with E-state index in [1.165, 1.54) is 30.3 Å². The maximum absolute atomic E-state index is 4.79. The summed E-state index contributed by atoms with van der Waals surface area (Å²) in [6, 6.07) is 0. The average molecular weight is 337 g/mol. The molecule has 4 nitrogen and oxygen atoms in total. The molecule has 0 unspecified atom stereocenters. The molecule has 1 saturated heterocycles. The van der Waals surface area contributed by atoms with Crippen LogP contribution in [0.15, 0.2) is 17.8 Å². The number of nitrogens with zero attached hydrogens (tertiary/aromatic N) is 4. The minimum absolute atomic E-state index is 0.0185. The van der Waals surface area contributed by atoms with Crippen LogP contribution in [0.1, 0.15) is 26.5 Å². The predicted molar refractivity (Wildman–Crippen MR) is 95.8 cm³/mol. The van der Waals surface area contributed by atoms with E-state index in [0.717, 1.165) is 23.5 Å². The van der Waals surface area contributed by atoms with Gasteiger partial charge < -0.3 is 4.90 Å². The zero-order valence-electron chi connectivity index (χ0n) is 13.6. The maximum atomic E-state index is 4.79. The summed E-state index contributed by atoms with van der Waals surface area (Å²) in [7, 11) is 0. The second-order valence-electron chi connectivity index (χ2n) is 6.69. The van der Waals surface area contributed by atoms with E-state index in [-0.39, 0.29) is 5.54 Å². The summed E-state index contributed by atoms with van der Waals surface area (Å²) in [6.45, 7) is 10.1. The Bertz CT molecular complexity index is 606. The molecule has 0 amide bonds. The number of hydrogen-bond acceptors (Lipinski definition) is 5. The number of thioether (sulfide) groups is 1. The van der Waals surface area contributed by atoms with Crippen molar-refractivity contribution in [1.29, 1.82) is 0 Å². The first-order chi connectivity index (χ1) is 10.5. The van der Waals surface area contributed by atoms with E-state index in [1.807, 2.05) is 10.9 Å². The molecular weight excluding hydrogens is 312 g/mol. The highest BCUT2D eigenvalue weighted by molar-refractivity contribution is 7.99. The van der Waals surface area contributed by atoms with Crippen LogP contribution in [0.3, 0.4) is 0 Å². The predicted octanol–water partition coefficient (Wildman–Crippen LogP) is 3.35. The molecule has 0 radical (unpaired) electrons. The Balaban J connectivity index is 1.62. The van der Waals surface area contributed by atoms with Gasteiger partial charge in [-0.2, -0.15) is 16.9 Å². The van der Waals surface area contributed by atoms with Crippen molar-refractivity contribution in [2.45, 2.75) is 32.7 Å². The third-order valence-electron chi connectivity index (χ3n) is 3.86. The maximum Gasteiger partial charge on any atom is 0.126 e. The van der Waals surface area contributed by atoms with E-state index in [2.05, 4.69) is 54.1 Å². The van der Waals surface area contributed by atoms with Gasteiger partial charge in [0.2, 0.25) is 0 Å². The fourth-order valence-corrected chi connectivity index (χ4v) is 4.26. The van der Waals surface area contributed by atoms with Gasteiger partial charge in [-0.05, 0) is 20.8 Å². The van der Waals surface area contributed by atoms with Crippen LogP contribution in [0.5, 0.6) is 0 Å². The fraction of sp³-hybridized carbons (Fsp3) is 0.625. The van der Waals surface area contributed by atoms with Crippen LogP contribution in [0.2, 0.25) is 0 Å². The molecule has 0 saturated carbocycles. The summed E-state index contributed by atoms with van der Waals surface area (Å²) in [4.78, 5) is 7.34. The normalized spacial score (nSPS) is 17.0. The van der Waals surface area contributed by atoms with E-state index in [1.54, 1.807) is 11.3 Å². The summed E-state index contributed by atoms with van der Waals surface area (Å²) in [5.74, 6) is 2.54. The van der Waals surface area contributed by atoms with Crippen molar-refractivity contribution >= 4 is 23.1 Å². The number of aromatic nitrogens is 3. The van der Waals surface area contributed by atoms with Gasteiger partial charge >= 0.3 is 0 Å². The van der Waals surface area contributed by atoms with Crippen molar-refractivity contribution < 1.29 is 0 Å². The molecule has 1 aliphatic heterocycles. The summed E-state index contributed by atoms with van der Waals surface area (Å²) >= 11 is 3.79. The second-order valence-corrected chi connectivity index (χ2v) is 8.78. The Hall–Kier alpha value is -0.850. The van der Waals surface area contributed by atoms with E-state index in [9.17, 15) is 0 Å². The average Bonchev–Trinajstić information content (AvgIpc) is 3.14. The van der Waals surface area contributed by atoms with Gasteiger partial charge in [-0.1, -0.05) is 0 Å². The van der Waals surface area contributed by atoms with Crippen molar-refractivity contribution in [3.05, 3.63) is 23.5 Å². The lowest BCUT2D eigenvalue weighted by Crippen LogP contribution is -2.34. The number of hydrogen-bond donors (Lipinski definition) is 0. The molecule has 120 valence electrons. The lowest BCUT2D eigenvalue weighted by Gasteiger charge is -2.25. The first kappa shape index (κ1) is 16.0. The molecule has 1 fully saturated rings. The minimum Gasteiger partial charge on any atom is -0.301 e. The molecule has 3 heterocycles. The van der Waals surface area contributed by atoms with Gasteiger partial charge in [0, 0.05) is 54.7 Å². The smallest absolute Gasteiger partial charge is 0.126 e. The molecule has 0 bridgehead atoms. The number of thiazole rings is 1. The quantitative estimate of drug-likeness (QED) is 0.857. The molecule has 22 heavy (non-hydrogen) atoms. The van der Waals surface area contributed by atoms with Crippen molar-refractivity contribution in [1.82, 2.24) is 19.7 Å². The highest BCUT2D eigenvalue weighted by Crippen LogP contribution is 2.25. The monoisotopic (exact) mass is 336 g/mol. The molecule has 0 aromatic carbocycles. The lowest BCUT2D eigenvalue weighted by atomic mass is 10.1. The molecule has 1 aliphatic rings. The molecule has 2 aromatic heterocycles. The van der Waals surface area contributed by atoms with Crippen LogP contribution >= 0.6 is 23.1 Å². The van der Waals surface area contributed by atoms with Gasteiger partial charge in [-0.3, -0.25) is 4.68 Å². The van der Waals surface area contributed by atoms with E-state index in [4.69, 9.17) is 4.98 Å². The Morgan fingerprint density at radius 2 is 2.00 bits per heavy atom. The van der Waals surface area contributed by atoms with Crippen molar-refractivity contribution in [3.63, 3.8) is 0 Å². The van der Waals surface area contributed by atoms with Crippen molar-refractivity contribution in [3.8, 4) is 10.6 Å². The van der Waals surface area contributed by atoms with Gasteiger partial charge in [0.25, 0.3) is 0 Å². The molecular formula is C16H24N4S2. The Labute approximate surface area is 140 Å². The van der Waals surface area contributed by atoms with E-state index < -0.39 is 0 Å². The topological polar surface area (TPSA) is 34.0 Å².